The lowest BCUT2D eigenvalue weighted by Gasteiger charge is -2.34. The number of aryl methyl sites for hydroxylation is 1. The van der Waals surface area contributed by atoms with Crippen LogP contribution in [0.2, 0.25) is 5.02 Å². The van der Waals surface area contributed by atoms with Crippen LogP contribution in [0.5, 0.6) is 0 Å². The van der Waals surface area contributed by atoms with E-state index in [1.807, 2.05) is 67.6 Å². The standard InChI is InChI=1S/C35H38ClN3O4S/c1-3-4-22-37-35(41)33(23-28-14-8-5-9-15-28)38(25-29-16-10-6-11-17-29)34(40)26-39(32-24-30(36)21-20-27(32)2)44(42,43)31-18-12-7-13-19-31/h5-21,24,33H,3-4,22-23,25-26H2,1-2H3,(H,37,41)/t33-/m0/s1. The lowest BCUT2D eigenvalue weighted by atomic mass is 10.0. The van der Waals surface area contributed by atoms with Gasteiger partial charge < -0.3 is 10.2 Å². The van der Waals surface area contributed by atoms with Gasteiger partial charge in [0.15, 0.2) is 0 Å². The first-order chi connectivity index (χ1) is 21.2. The first-order valence-corrected chi connectivity index (χ1v) is 16.5. The zero-order chi connectivity index (χ0) is 31.5. The minimum Gasteiger partial charge on any atom is -0.354 e. The molecule has 0 aromatic heterocycles. The van der Waals surface area contributed by atoms with Gasteiger partial charge in [0.25, 0.3) is 10.0 Å². The zero-order valence-corrected chi connectivity index (χ0v) is 26.6. The Balaban J connectivity index is 1.79. The summed E-state index contributed by atoms with van der Waals surface area (Å²) in [6.07, 6.45) is 1.97. The van der Waals surface area contributed by atoms with Crippen molar-refractivity contribution in [1.82, 2.24) is 10.2 Å². The van der Waals surface area contributed by atoms with E-state index in [-0.39, 0.29) is 23.8 Å². The Labute approximate surface area is 265 Å². The van der Waals surface area contributed by atoms with Crippen molar-refractivity contribution < 1.29 is 18.0 Å². The minimum absolute atomic E-state index is 0.0416. The van der Waals surface area contributed by atoms with Crippen molar-refractivity contribution >= 4 is 39.1 Å². The molecule has 0 aliphatic heterocycles. The molecule has 0 fully saturated rings. The van der Waals surface area contributed by atoms with Gasteiger partial charge in [0.05, 0.1) is 10.6 Å². The van der Waals surface area contributed by atoms with Gasteiger partial charge in [-0.1, -0.05) is 110 Å². The highest BCUT2D eigenvalue weighted by molar-refractivity contribution is 7.92. The molecule has 0 aliphatic carbocycles. The molecule has 1 N–H and O–H groups in total. The van der Waals surface area contributed by atoms with Gasteiger partial charge in [-0.25, -0.2) is 8.42 Å². The summed E-state index contributed by atoms with van der Waals surface area (Å²) in [4.78, 5) is 29.8. The van der Waals surface area contributed by atoms with E-state index in [2.05, 4.69) is 5.32 Å². The van der Waals surface area contributed by atoms with Crippen LogP contribution in [0.15, 0.2) is 114 Å². The molecule has 0 saturated heterocycles. The SMILES string of the molecule is CCCCNC(=O)[C@H](Cc1ccccc1)N(Cc1ccccc1)C(=O)CN(c1cc(Cl)ccc1C)S(=O)(=O)c1ccccc1. The van der Waals surface area contributed by atoms with Crippen molar-refractivity contribution in [3.63, 3.8) is 0 Å². The Hall–Kier alpha value is -4.14. The van der Waals surface area contributed by atoms with Crippen LogP contribution < -0.4 is 9.62 Å². The molecule has 9 heteroatoms. The molecule has 7 nitrogen and oxygen atoms in total. The topological polar surface area (TPSA) is 86.8 Å². The van der Waals surface area contributed by atoms with E-state index in [9.17, 15) is 18.0 Å². The van der Waals surface area contributed by atoms with Gasteiger partial charge in [0.2, 0.25) is 11.8 Å². The predicted octanol–water partition coefficient (Wildman–Crippen LogP) is 6.40. The largest absolute Gasteiger partial charge is 0.354 e. The molecule has 1 atom stereocenters. The number of sulfonamides is 1. The Kier molecular flexibility index (Phi) is 11.6. The fourth-order valence-electron chi connectivity index (χ4n) is 4.92. The van der Waals surface area contributed by atoms with Crippen LogP contribution in [-0.4, -0.2) is 44.3 Å². The maximum Gasteiger partial charge on any atom is 0.264 e. The number of anilines is 1. The second kappa shape index (κ2) is 15.5. The number of nitrogens with one attached hydrogen (secondary N) is 1. The lowest BCUT2D eigenvalue weighted by Crippen LogP contribution is -2.53. The summed E-state index contributed by atoms with van der Waals surface area (Å²) in [5.74, 6) is -0.803. The molecule has 0 bridgehead atoms. The molecule has 0 aliphatic rings. The number of nitrogens with zero attached hydrogens (tertiary/aromatic N) is 2. The number of carbonyl (C=O) groups excluding carboxylic acids is 2. The third-order valence-electron chi connectivity index (χ3n) is 7.35. The molecule has 44 heavy (non-hydrogen) atoms. The molecular formula is C35H38ClN3O4S. The minimum atomic E-state index is -4.19. The van der Waals surface area contributed by atoms with Crippen LogP contribution in [0, 0.1) is 6.92 Å². The normalized spacial score (nSPS) is 11.9. The van der Waals surface area contributed by atoms with Gasteiger partial charge in [-0.15, -0.1) is 0 Å². The van der Waals surface area contributed by atoms with Gasteiger partial charge in [-0.05, 0) is 54.3 Å². The quantitative estimate of drug-likeness (QED) is 0.163. The summed E-state index contributed by atoms with van der Waals surface area (Å²) in [6, 6.07) is 30.9. The number of benzene rings is 4. The van der Waals surface area contributed by atoms with E-state index >= 15 is 0 Å². The van der Waals surface area contributed by atoms with E-state index in [0.29, 0.717) is 22.8 Å². The van der Waals surface area contributed by atoms with Crippen LogP contribution in [-0.2, 0) is 32.6 Å². The van der Waals surface area contributed by atoms with Crippen molar-refractivity contribution in [2.75, 3.05) is 17.4 Å². The third kappa shape index (κ3) is 8.49. The molecule has 0 heterocycles. The fourth-order valence-corrected chi connectivity index (χ4v) is 6.58. The number of hydrogen-bond donors (Lipinski definition) is 1. The smallest absolute Gasteiger partial charge is 0.264 e. The summed E-state index contributed by atoms with van der Waals surface area (Å²) in [5.41, 5.74) is 2.63. The van der Waals surface area contributed by atoms with Crippen LogP contribution in [0.4, 0.5) is 5.69 Å². The van der Waals surface area contributed by atoms with Crippen molar-refractivity contribution in [2.24, 2.45) is 0 Å². The highest BCUT2D eigenvalue weighted by Gasteiger charge is 2.35. The summed E-state index contributed by atoms with van der Waals surface area (Å²) < 4.78 is 29.3. The van der Waals surface area contributed by atoms with Crippen LogP contribution >= 0.6 is 11.6 Å². The van der Waals surface area contributed by atoms with Gasteiger partial charge in [-0.2, -0.15) is 0 Å². The van der Waals surface area contributed by atoms with E-state index in [1.165, 1.54) is 17.0 Å². The average molecular weight is 632 g/mol. The van der Waals surface area contributed by atoms with Gasteiger partial charge in [-0.3, -0.25) is 13.9 Å². The molecule has 0 saturated carbocycles. The van der Waals surface area contributed by atoms with E-state index in [1.54, 1.807) is 43.3 Å². The molecule has 230 valence electrons. The van der Waals surface area contributed by atoms with Crippen LogP contribution in [0.3, 0.4) is 0 Å². The monoisotopic (exact) mass is 631 g/mol. The van der Waals surface area contributed by atoms with E-state index < -0.39 is 28.5 Å². The van der Waals surface area contributed by atoms with E-state index in [4.69, 9.17) is 11.6 Å². The molecule has 4 aromatic rings. The first-order valence-electron chi connectivity index (χ1n) is 14.7. The van der Waals surface area contributed by atoms with Crippen LogP contribution in [0.1, 0.15) is 36.5 Å². The summed E-state index contributed by atoms with van der Waals surface area (Å²) in [7, 11) is -4.19. The van der Waals surface area contributed by atoms with Gasteiger partial charge in [0, 0.05) is 24.5 Å². The number of rotatable bonds is 14. The summed E-state index contributed by atoms with van der Waals surface area (Å²) >= 11 is 6.34. The second-order valence-electron chi connectivity index (χ2n) is 10.6. The van der Waals surface area contributed by atoms with Crippen molar-refractivity contribution in [1.29, 1.82) is 0 Å². The highest BCUT2D eigenvalue weighted by Crippen LogP contribution is 2.30. The highest BCUT2D eigenvalue weighted by atomic mass is 35.5. The number of amides is 2. The zero-order valence-electron chi connectivity index (χ0n) is 25.0. The van der Waals surface area contributed by atoms with Crippen molar-refractivity contribution in [2.45, 2.75) is 50.6 Å². The predicted molar refractivity (Wildman–Crippen MR) is 176 cm³/mol. The first kappa shape index (κ1) is 32.8. The second-order valence-corrected chi connectivity index (χ2v) is 12.9. The molecule has 4 rings (SSSR count). The number of hydrogen-bond acceptors (Lipinski definition) is 4. The lowest BCUT2D eigenvalue weighted by molar-refractivity contribution is -0.140. The van der Waals surface area contributed by atoms with Gasteiger partial charge >= 0.3 is 0 Å². The molecule has 4 aromatic carbocycles. The fraction of sp³-hybridized carbons (Fsp3) is 0.257. The molecule has 0 unspecified atom stereocenters. The summed E-state index contributed by atoms with van der Waals surface area (Å²) in [6.45, 7) is 3.87. The van der Waals surface area contributed by atoms with E-state index in [0.717, 1.165) is 28.3 Å². The molecule has 2 amide bonds. The number of unbranched alkanes of at least 4 members (excludes halogenated alkanes) is 1. The maximum atomic E-state index is 14.5. The van der Waals surface area contributed by atoms with Crippen molar-refractivity contribution in [3.05, 3.63) is 131 Å². The number of halogens is 1. The van der Waals surface area contributed by atoms with Crippen LogP contribution in [0.25, 0.3) is 0 Å². The maximum absolute atomic E-state index is 14.5. The Morgan fingerprint density at radius 3 is 2.05 bits per heavy atom. The van der Waals surface area contributed by atoms with Gasteiger partial charge in [0.1, 0.15) is 12.6 Å². The average Bonchev–Trinajstić information content (AvgIpc) is 3.04. The van der Waals surface area contributed by atoms with Crippen molar-refractivity contribution in [3.8, 4) is 0 Å². The Bertz CT molecular complexity index is 1630. The molecule has 0 radical (unpaired) electrons. The Morgan fingerprint density at radius 1 is 0.841 bits per heavy atom. The Morgan fingerprint density at radius 2 is 1.43 bits per heavy atom. The molecular weight excluding hydrogens is 594 g/mol. The number of carbonyl (C=O) groups is 2. The third-order valence-corrected chi connectivity index (χ3v) is 9.36. The molecule has 0 spiro atoms. The summed E-state index contributed by atoms with van der Waals surface area (Å²) in [5, 5.41) is 3.34.